The maximum atomic E-state index is 12.1. The van der Waals surface area contributed by atoms with Crippen LogP contribution in [0.1, 0.15) is 35.6 Å². The van der Waals surface area contributed by atoms with Gasteiger partial charge in [-0.25, -0.2) is 0 Å². The lowest BCUT2D eigenvalue weighted by Gasteiger charge is -2.19. The summed E-state index contributed by atoms with van der Waals surface area (Å²) in [6, 6.07) is 18.2. The average molecular weight is 341 g/mol. The third-order valence-electron chi connectivity index (χ3n) is 4.06. The monoisotopic (exact) mass is 341 g/mol. The summed E-state index contributed by atoms with van der Waals surface area (Å²) >= 11 is 0. The number of carbonyl (C=O) groups excluding carboxylic acids is 1. The van der Waals surface area contributed by atoms with Crippen molar-refractivity contribution in [1.29, 1.82) is 0 Å². The predicted molar refractivity (Wildman–Crippen MR) is 99.3 cm³/mol. The van der Waals surface area contributed by atoms with E-state index in [0.29, 0.717) is 13.0 Å². The van der Waals surface area contributed by atoms with Gasteiger partial charge in [0, 0.05) is 13.0 Å². The number of aliphatic hydroxyl groups is 1. The topological polar surface area (TPSA) is 58.6 Å². The van der Waals surface area contributed by atoms with Crippen LogP contribution in [0.2, 0.25) is 0 Å². The van der Waals surface area contributed by atoms with E-state index in [0.717, 1.165) is 18.4 Å². The van der Waals surface area contributed by atoms with Crippen LogP contribution in [0.3, 0.4) is 0 Å². The zero-order valence-corrected chi connectivity index (χ0v) is 14.8. The van der Waals surface area contributed by atoms with Gasteiger partial charge in [0.05, 0.1) is 19.3 Å². The summed E-state index contributed by atoms with van der Waals surface area (Å²) in [6.07, 6.45) is 1.97. The van der Waals surface area contributed by atoms with Crippen molar-refractivity contribution in [2.75, 3.05) is 19.8 Å². The summed E-state index contributed by atoms with van der Waals surface area (Å²) in [4.78, 5) is 12.1. The van der Waals surface area contributed by atoms with E-state index in [1.54, 1.807) is 0 Å². The number of rotatable bonds is 10. The van der Waals surface area contributed by atoms with Gasteiger partial charge in [0.2, 0.25) is 5.91 Å². The first-order chi connectivity index (χ1) is 12.2. The first-order valence-corrected chi connectivity index (χ1v) is 8.78. The van der Waals surface area contributed by atoms with Gasteiger partial charge in [0.25, 0.3) is 0 Å². The zero-order valence-electron chi connectivity index (χ0n) is 14.8. The lowest BCUT2D eigenvalue weighted by Crippen LogP contribution is -2.29. The SMILES string of the molecule is Cc1ccc(C(CNC(=O)CCCc2ccccc2)OCCO)cc1. The second-order valence-electron chi connectivity index (χ2n) is 6.14. The Kier molecular flexibility index (Phi) is 8.16. The fraction of sp³-hybridized carbons (Fsp3) is 0.381. The minimum Gasteiger partial charge on any atom is -0.394 e. The van der Waals surface area contributed by atoms with Crippen molar-refractivity contribution in [2.45, 2.75) is 32.3 Å². The minimum absolute atomic E-state index is 0.0284. The molecular weight excluding hydrogens is 314 g/mol. The van der Waals surface area contributed by atoms with Crippen molar-refractivity contribution < 1.29 is 14.6 Å². The van der Waals surface area contributed by atoms with Crippen molar-refractivity contribution in [2.24, 2.45) is 0 Å². The number of nitrogens with one attached hydrogen (secondary N) is 1. The van der Waals surface area contributed by atoms with Crippen molar-refractivity contribution in [1.82, 2.24) is 5.32 Å². The molecule has 0 radical (unpaired) electrons. The molecule has 0 fully saturated rings. The Bertz CT molecular complexity index is 625. The van der Waals surface area contributed by atoms with E-state index in [1.807, 2.05) is 49.4 Å². The zero-order chi connectivity index (χ0) is 17.9. The Morgan fingerprint density at radius 3 is 2.52 bits per heavy atom. The van der Waals surface area contributed by atoms with E-state index < -0.39 is 0 Å². The number of amides is 1. The first kappa shape index (κ1) is 19.2. The largest absolute Gasteiger partial charge is 0.394 e. The highest BCUT2D eigenvalue weighted by Crippen LogP contribution is 2.17. The van der Waals surface area contributed by atoms with E-state index in [1.165, 1.54) is 11.1 Å². The average Bonchev–Trinajstić information content (AvgIpc) is 2.64. The molecule has 1 amide bonds. The normalized spacial score (nSPS) is 11.9. The molecule has 2 aromatic rings. The second-order valence-corrected chi connectivity index (χ2v) is 6.14. The third kappa shape index (κ3) is 7.08. The van der Waals surface area contributed by atoms with Gasteiger partial charge < -0.3 is 15.2 Å². The molecule has 2 N–H and O–H groups in total. The smallest absolute Gasteiger partial charge is 0.220 e. The molecule has 4 heteroatoms. The number of aliphatic hydroxyl groups excluding tert-OH is 1. The van der Waals surface area contributed by atoms with Crippen molar-refractivity contribution >= 4 is 5.91 Å². The number of hydrogen-bond donors (Lipinski definition) is 2. The van der Waals surface area contributed by atoms with Gasteiger partial charge in [-0.05, 0) is 30.9 Å². The molecule has 0 heterocycles. The molecule has 25 heavy (non-hydrogen) atoms. The van der Waals surface area contributed by atoms with Crippen LogP contribution in [-0.4, -0.2) is 30.8 Å². The number of aryl methyl sites for hydroxylation is 2. The molecule has 0 saturated heterocycles. The van der Waals surface area contributed by atoms with Crippen LogP contribution >= 0.6 is 0 Å². The quantitative estimate of drug-likeness (QED) is 0.698. The summed E-state index contributed by atoms with van der Waals surface area (Å²) in [5, 5.41) is 11.9. The van der Waals surface area contributed by atoms with Crippen LogP contribution < -0.4 is 5.32 Å². The summed E-state index contributed by atoms with van der Waals surface area (Å²) in [5.74, 6) is 0.0284. The lowest BCUT2D eigenvalue weighted by atomic mass is 10.1. The molecule has 0 aliphatic carbocycles. The van der Waals surface area contributed by atoms with Crippen molar-refractivity contribution in [3.63, 3.8) is 0 Å². The van der Waals surface area contributed by atoms with Gasteiger partial charge in [-0.3, -0.25) is 4.79 Å². The molecule has 0 aliphatic rings. The molecule has 0 aliphatic heterocycles. The van der Waals surface area contributed by atoms with E-state index in [2.05, 4.69) is 17.4 Å². The van der Waals surface area contributed by atoms with Gasteiger partial charge in [0.1, 0.15) is 0 Å². The minimum atomic E-state index is -0.245. The highest BCUT2D eigenvalue weighted by Gasteiger charge is 2.13. The van der Waals surface area contributed by atoms with Gasteiger partial charge in [-0.15, -0.1) is 0 Å². The molecule has 2 aromatic carbocycles. The van der Waals surface area contributed by atoms with Gasteiger partial charge in [-0.1, -0.05) is 60.2 Å². The highest BCUT2D eigenvalue weighted by atomic mass is 16.5. The second kappa shape index (κ2) is 10.6. The van der Waals surface area contributed by atoms with Crippen LogP contribution in [-0.2, 0) is 16.0 Å². The molecule has 1 unspecified atom stereocenters. The predicted octanol–water partition coefficient (Wildman–Crippen LogP) is 3.18. The summed E-state index contributed by atoms with van der Waals surface area (Å²) in [6.45, 7) is 2.66. The van der Waals surface area contributed by atoms with Crippen LogP contribution in [0.25, 0.3) is 0 Å². The number of carbonyl (C=O) groups is 1. The van der Waals surface area contributed by atoms with Crippen molar-refractivity contribution in [3.8, 4) is 0 Å². The first-order valence-electron chi connectivity index (χ1n) is 8.78. The Hall–Kier alpha value is -2.17. The van der Waals surface area contributed by atoms with Crippen LogP contribution in [0, 0.1) is 6.92 Å². The van der Waals surface area contributed by atoms with Crippen LogP contribution in [0.15, 0.2) is 54.6 Å². The molecule has 0 saturated carbocycles. The Morgan fingerprint density at radius 2 is 1.84 bits per heavy atom. The Balaban J connectivity index is 1.78. The Morgan fingerprint density at radius 1 is 1.12 bits per heavy atom. The number of benzene rings is 2. The van der Waals surface area contributed by atoms with E-state index in [9.17, 15) is 4.79 Å². The van der Waals surface area contributed by atoms with Crippen molar-refractivity contribution in [3.05, 3.63) is 71.3 Å². The van der Waals surface area contributed by atoms with E-state index in [-0.39, 0.29) is 25.2 Å². The molecule has 1 atom stereocenters. The fourth-order valence-electron chi connectivity index (χ4n) is 2.64. The third-order valence-corrected chi connectivity index (χ3v) is 4.06. The van der Waals surface area contributed by atoms with E-state index in [4.69, 9.17) is 9.84 Å². The number of ether oxygens (including phenoxy) is 1. The van der Waals surface area contributed by atoms with Gasteiger partial charge >= 0.3 is 0 Å². The van der Waals surface area contributed by atoms with E-state index >= 15 is 0 Å². The van der Waals surface area contributed by atoms with Crippen LogP contribution in [0.5, 0.6) is 0 Å². The summed E-state index contributed by atoms with van der Waals surface area (Å²) in [5.41, 5.74) is 3.43. The molecular formula is C21H27NO3. The lowest BCUT2D eigenvalue weighted by molar-refractivity contribution is -0.121. The van der Waals surface area contributed by atoms with Crippen LogP contribution in [0.4, 0.5) is 0 Å². The standard InChI is InChI=1S/C21H27NO3/c1-17-10-12-19(13-11-17)20(25-15-14-23)16-22-21(24)9-5-8-18-6-3-2-4-7-18/h2-4,6-7,10-13,20,23H,5,8-9,14-16H2,1H3,(H,22,24). The highest BCUT2D eigenvalue weighted by molar-refractivity contribution is 5.75. The fourth-order valence-corrected chi connectivity index (χ4v) is 2.64. The van der Waals surface area contributed by atoms with Gasteiger partial charge in [-0.2, -0.15) is 0 Å². The molecule has 0 bridgehead atoms. The molecule has 2 rings (SSSR count). The van der Waals surface area contributed by atoms with Gasteiger partial charge in [0.15, 0.2) is 0 Å². The maximum absolute atomic E-state index is 12.1. The summed E-state index contributed by atoms with van der Waals surface area (Å²) in [7, 11) is 0. The number of hydrogen-bond acceptors (Lipinski definition) is 3. The Labute approximate surface area is 149 Å². The summed E-state index contributed by atoms with van der Waals surface area (Å²) < 4.78 is 5.68. The molecule has 0 spiro atoms. The maximum Gasteiger partial charge on any atom is 0.220 e. The molecule has 134 valence electrons. The molecule has 0 aromatic heterocycles. The molecule has 4 nitrogen and oxygen atoms in total.